The summed E-state index contributed by atoms with van der Waals surface area (Å²) < 4.78 is 0. The highest BCUT2D eigenvalue weighted by atomic mass is 16.7. The summed E-state index contributed by atoms with van der Waals surface area (Å²) in [6, 6.07) is 9.41. The van der Waals surface area contributed by atoms with Gasteiger partial charge in [0.2, 0.25) is 0 Å². The Labute approximate surface area is 104 Å². The fraction of sp³-hybridized carbons (Fsp3) is 0.600. The highest BCUT2D eigenvalue weighted by Crippen LogP contribution is 2.37. The minimum absolute atomic E-state index is 0.102. The van der Waals surface area contributed by atoms with Gasteiger partial charge < -0.3 is 0 Å². The van der Waals surface area contributed by atoms with E-state index in [9.17, 15) is 0 Å². The zero-order valence-corrected chi connectivity index (χ0v) is 11.3. The van der Waals surface area contributed by atoms with Crippen molar-refractivity contribution in [1.29, 1.82) is 0 Å². The predicted octanol–water partition coefficient (Wildman–Crippen LogP) is 3.56. The molecule has 1 saturated carbocycles. The molecule has 0 bridgehead atoms. The lowest BCUT2D eigenvalue weighted by Crippen LogP contribution is -2.43. The lowest BCUT2D eigenvalue weighted by Gasteiger charge is -2.37. The molecular formula is C15H23NO. The van der Waals surface area contributed by atoms with Crippen LogP contribution in [0.15, 0.2) is 24.3 Å². The molecule has 0 spiro atoms. The van der Waals surface area contributed by atoms with Crippen LogP contribution in [0.5, 0.6) is 0 Å². The lowest BCUT2D eigenvalue weighted by molar-refractivity contribution is -0.101. The summed E-state index contributed by atoms with van der Waals surface area (Å²) in [6.07, 6.45) is 2.36. The van der Waals surface area contributed by atoms with Crippen molar-refractivity contribution in [2.24, 2.45) is 0 Å². The third-order valence-corrected chi connectivity index (χ3v) is 3.22. The molecule has 2 nitrogen and oxygen atoms in total. The summed E-state index contributed by atoms with van der Waals surface area (Å²) in [4.78, 5) is 5.59. The molecule has 0 heterocycles. The highest BCUT2D eigenvalue weighted by molar-refractivity contribution is 5.26. The van der Waals surface area contributed by atoms with Gasteiger partial charge in [0.15, 0.2) is 0 Å². The zero-order chi connectivity index (χ0) is 12.5. The summed E-state index contributed by atoms with van der Waals surface area (Å²) in [6.45, 7) is 8.33. The Morgan fingerprint density at radius 2 is 1.71 bits per heavy atom. The van der Waals surface area contributed by atoms with Gasteiger partial charge in [0.05, 0.1) is 5.60 Å². The van der Waals surface area contributed by atoms with Crippen molar-refractivity contribution in [2.45, 2.75) is 58.1 Å². The van der Waals surface area contributed by atoms with E-state index in [0.717, 1.165) is 0 Å². The minimum atomic E-state index is -0.102. The van der Waals surface area contributed by atoms with Gasteiger partial charge in [-0.05, 0) is 52.0 Å². The number of nitrogens with one attached hydrogen (secondary N) is 1. The predicted molar refractivity (Wildman–Crippen MR) is 70.9 cm³/mol. The number of hydrogen-bond donors (Lipinski definition) is 1. The topological polar surface area (TPSA) is 21.3 Å². The largest absolute Gasteiger partial charge is 0.296 e. The monoisotopic (exact) mass is 233 g/mol. The van der Waals surface area contributed by atoms with E-state index >= 15 is 0 Å². The molecule has 1 aromatic rings. The van der Waals surface area contributed by atoms with Crippen LogP contribution in [0.25, 0.3) is 0 Å². The molecule has 1 fully saturated rings. The van der Waals surface area contributed by atoms with Crippen molar-refractivity contribution in [2.75, 3.05) is 0 Å². The van der Waals surface area contributed by atoms with Gasteiger partial charge in [-0.1, -0.05) is 29.8 Å². The number of benzene rings is 1. The maximum Gasteiger partial charge on any atom is 0.0813 e. The fourth-order valence-corrected chi connectivity index (χ4v) is 2.08. The van der Waals surface area contributed by atoms with Crippen LogP contribution in [0, 0.1) is 6.92 Å². The molecule has 0 aromatic heterocycles. The van der Waals surface area contributed by atoms with Crippen LogP contribution in [-0.4, -0.2) is 11.6 Å². The molecular weight excluding hydrogens is 210 g/mol. The van der Waals surface area contributed by atoms with E-state index in [0.29, 0.717) is 12.0 Å². The average Bonchev–Trinajstić information content (AvgIpc) is 2.16. The average molecular weight is 233 g/mol. The van der Waals surface area contributed by atoms with Gasteiger partial charge in [-0.2, -0.15) is 5.48 Å². The maximum atomic E-state index is 5.59. The molecule has 0 atom stereocenters. The molecule has 2 heteroatoms. The van der Waals surface area contributed by atoms with Crippen molar-refractivity contribution < 1.29 is 4.84 Å². The SMILES string of the molecule is Cc1ccc(C2CC(NOC(C)(C)C)C2)cc1. The molecule has 0 amide bonds. The number of hydroxylamine groups is 1. The van der Waals surface area contributed by atoms with Crippen LogP contribution in [0.1, 0.15) is 50.7 Å². The second-order valence-corrected chi connectivity index (χ2v) is 6.11. The van der Waals surface area contributed by atoms with Crippen LogP contribution >= 0.6 is 0 Å². The second kappa shape index (κ2) is 4.79. The summed E-state index contributed by atoms with van der Waals surface area (Å²) in [5.74, 6) is 0.705. The van der Waals surface area contributed by atoms with E-state index in [2.05, 4.69) is 57.4 Å². The Morgan fingerprint density at radius 3 is 2.24 bits per heavy atom. The molecule has 1 aliphatic rings. The van der Waals surface area contributed by atoms with Crippen LogP contribution in [0.4, 0.5) is 0 Å². The summed E-state index contributed by atoms with van der Waals surface area (Å²) >= 11 is 0. The third-order valence-electron chi connectivity index (χ3n) is 3.22. The maximum absolute atomic E-state index is 5.59. The van der Waals surface area contributed by atoms with E-state index in [1.807, 2.05) is 0 Å². The number of aryl methyl sites for hydroxylation is 1. The van der Waals surface area contributed by atoms with Crippen LogP contribution < -0.4 is 5.48 Å². The molecule has 0 aliphatic heterocycles. The van der Waals surface area contributed by atoms with Gasteiger partial charge in [-0.15, -0.1) is 0 Å². The molecule has 0 saturated heterocycles. The highest BCUT2D eigenvalue weighted by Gasteiger charge is 2.31. The fourth-order valence-electron chi connectivity index (χ4n) is 2.08. The zero-order valence-electron chi connectivity index (χ0n) is 11.3. The smallest absolute Gasteiger partial charge is 0.0813 e. The molecule has 1 aromatic carbocycles. The van der Waals surface area contributed by atoms with Crippen molar-refractivity contribution in [1.82, 2.24) is 5.48 Å². The Bertz CT molecular complexity index is 358. The first-order chi connectivity index (χ1) is 7.94. The van der Waals surface area contributed by atoms with E-state index < -0.39 is 0 Å². The number of rotatable bonds is 3. The molecule has 1 N–H and O–H groups in total. The Morgan fingerprint density at radius 1 is 1.12 bits per heavy atom. The van der Waals surface area contributed by atoms with Gasteiger partial charge in [0, 0.05) is 6.04 Å². The second-order valence-electron chi connectivity index (χ2n) is 6.11. The standard InChI is InChI=1S/C15H23NO/c1-11-5-7-12(8-6-11)13-9-14(10-13)16-17-15(2,3)4/h5-8,13-14,16H,9-10H2,1-4H3. The van der Waals surface area contributed by atoms with E-state index in [1.165, 1.54) is 24.0 Å². The van der Waals surface area contributed by atoms with Crippen LogP contribution in [-0.2, 0) is 4.84 Å². The Balaban J connectivity index is 1.77. The Kier molecular flexibility index (Phi) is 3.55. The van der Waals surface area contributed by atoms with Crippen molar-refractivity contribution in [3.8, 4) is 0 Å². The van der Waals surface area contributed by atoms with Crippen molar-refractivity contribution >= 4 is 0 Å². The van der Waals surface area contributed by atoms with Gasteiger partial charge in [-0.3, -0.25) is 4.84 Å². The minimum Gasteiger partial charge on any atom is -0.296 e. The molecule has 0 radical (unpaired) electrons. The van der Waals surface area contributed by atoms with E-state index in [1.54, 1.807) is 0 Å². The molecule has 17 heavy (non-hydrogen) atoms. The Hall–Kier alpha value is -0.860. The summed E-state index contributed by atoms with van der Waals surface area (Å²) in [5.41, 5.74) is 5.86. The van der Waals surface area contributed by atoms with Crippen LogP contribution in [0.3, 0.4) is 0 Å². The molecule has 1 aliphatic carbocycles. The molecule has 94 valence electrons. The first-order valence-corrected chi connectivity index (χ1v) is 6.44. The molecule has 0 unspecified atom stereocenters. The van der Waals surface area contributed by atoms with Crippen molar-refractivity contribution in [3.05, 3.63) is 35.4 Å². The van der Waals surface area contributed by atoms with Gasteiger partial charge in [-0.25, -0.2) is 0 Å². The van der Waals surface area contributed by atoms with Crippen molar-refractivity contribution in [3.63, 3.8) is 0 Å². The van der Waals surface area contributed by atoms with E-state index in [-0.39, 0.29) is 5.60 Å². The summed E-state index contributed by atoms with van der Waals surface area (Å²) in [5, 5.41) is 0. The van der Waals surface area contributed by atoms with E-state index in [4.69, 9.17) is 4.84 Å². The molecule has 2 rings (SSSR count). The van der Waals surface area contributed by atoms with Gasteiger partial charge in [0.1, 0.15) is 0 Å². The third kappa shape index (κ3) is 3.55. The normalized spacial score (nSPS) is 24.5. The number of hydrogen-bond acceptors (Lipinski definition) is 2. The van der Waals surface area contributed by atoms with Crippen LogP contribution in [0.2, 0.25) is 0 Å². The quantitative estimate of drug-likeness (QED) is 0.806. The lowest BCUT2D eigenvalue weighted by atomic mass is 9.76. The summed E-state index contributed by atoms with van der Waals surface area (Å²) in [7, 11) is 0. The first kappa shape index (κ1) is 12.6. The van der Waals surface area contributed by atoms with Gasteiger partial charge >= 0.3 is 0 Å². The first-order valence-electron chi connectivity index (χ1n) is 6.44. The van der Waals surface area contributed by atoms with Gasteiger partial charge in [0.25, 0.3) is 0 Å².